The molecule has 1 atom stereocenters. The van der Waals surface area contributed by atoms with Crippen LogP contribution in [0.2, 0.25) is 0 Å². The van der Waals surface area contributed by atoms with Crippen LogP contribution in [-0.4, -0.2) is 23.1 Å². The predicted molar refractivity (Wildman–Crippen MR) is 86.4 cm³/mol. The van der Waals surface area contributed by atoms with Gasteiger partial charge in [0, 0.05) is 6.04 Å². The second kappa shape index (κ2) is 6.77. The third-order valence-corrected chi connectivity index (χ3v) is 4.38. The Labute approximate surface area is 127 Å². The van der Waals surface area contributed by atoms with Crippen LogP contribution >= 0.6 is 0 Å². The highest BCUT2D eigenvalue weighted by Crippen LogP contribution is 2.29. The molecule has 0 bridgehead atoms. The Kier molecular flexibility index (Phi) is 4.56. The van der Waals surface area contributed by atoms with Crippen LogP contribution in [0.1, 0.15) is 36.4 Å². The Hall–Kier alpha value is -1.80. The van der Waals surface area contributed by atoms with E-state index >= 15 is 0 Å². The monoisotopic (exact) mass is 281 g/mol. The highest BCUT2D eigenvalue weighted by molar-refractivity contribution is 5.30. The molecule has 1 heterocycles. The standard InChI is InChI=1S/C19H23NO/c21-18-11-9-17(10-12-18)19(20-13-5-2-6-14-20)15-16-7-3-1-4-8-16/h1,3-4,7-12,19,21H,2,5-6,13-15H2/t19-/m1/s1. The third kappa shape index (κ3) is 3.64. The van der Waals surface area contributed by atoms with Crippen molar-refractivity contribution in [1.29, 1.82) is 0 Å². The van der Waals surface area contributed by atoms with E-state index in [-0.39, 0.29) is 0 Å². The summed E-state index contributed by atoms with van der Waals surface area (Å²) in [4.78, 5) is 2.60. The molecule has 0 unspecified atom stereocenters. The molecule has 0 saturated carbocycles. The number of piperidine rings is 1. The Balaban J connectivity index is 1.84. The molecule has 1 fully saturated rings. The lowest BCUT2D eigenvalue weighted by atomic mass is 9.95. The molecular weight excluding hydrogens is 258 g/mol. The lowest BCUT2D eigenvalue weighted by molar-refractivity contribution is 0.162. The van der Waals surface area contributed by atoms with Gasteiger partial charge in [0.15, 0.2) is 0 Å². The zero-order valence-corrected chi connectivity index (χ0v) is 12.4. The molecule has 110 valence electrons. The molecule has 1 N–H and O–H groups in total. The lowest BCUT2D eigenvalue weighted by Gasteiger charge is -2.35. The minimum absolute atomic E-state index is 0.343. The molecule has 0 aliphatic carbocycles. The van der Waals surface area contributed by atoms with E-state index in [1.165, 1.54) is 43.5 Å². The zero-order chi connectivity index (χ0) is 14.5. The second-order valence-corrected chi connectivity index (χ2v) is 5.89. The number of aromatic hydroxyl groups is 1. The molecule has 3 rings (SSSR count). The van der Waals surface area contributed by atoms with E-state index in [9.17, 15) is 5.11 Å². The average molecular weight is 281 g/mol. The highest BCUT2D eigenvalue weighted by Gasteiger charge is 2.22. The van der Waals surface area contributed by atoms with E-state index in [2.05, 4.69) is 47.4 Å². The van der Waals surface area contributed by atoms with Crippen LogP contribution in [0.5, 0.6) is 5.75 Å². The van der Waals surface area contributed by atoms with Gasteiger partial charge >= 0.3 is 0 Å². The molecule has 1 saturated heterocycles. The number of nitrogens with zero attached hydrogens (tertiary/aromatic N) is 1. The van der Waals surface area contributed by atoms with E-state index < -0.39 is 0 Å². The minimum Gasteiger partial charge on any atom is -0.508 e. The van der Waals surface area contributed by atoms with Gasteiger partial charge in [0.25, 0.3) is 0 Å². The van der Waals surface area contributed by atoms with E-state index in [1.807, 2.05) is 0 Å². The van der Waals surface area contributed by atoms with E-state index in [1.54, 1.807) is 12.1 Å². The quantitative estimate of drug-likeness (QED) is 0.909. The number of benzene rings is 2. The van der Waals surface area contributed by atoms with Crippen molar-refractivity contribution >= 4 is 0 Å². The number of likely N-dealkylation sites (tertiary alicyclic amines) is 1. The smallest absolute Gasteiger partial charge is 0.115 e. The van der Waals surface area contributed by atoms with Crippen LogP contribution in [0.15, 0.2) is 54.6 Å². The lowest BCUT2D eigenvalue weighted by Crippen LogP contribution is -2.34. The molecule has 2 nitrogen and oxygen atoms in total. The molecule has 1 aliphatic heterocycles. The fourth-order valence-electron chi connectivity index (χ4n) is 3.22. The van der Waals surface area contributed by atoms with Crippen molar-refractivity contribution in [3.63, 3.8) is 0 Å². The van der Waals surface area contributed by atoms with Gasteiger partial charge in [-0.05, 0) is 55.6 Å². The summed E-state index contributed by atoms with van der Waals surface area (Å²) in [6, 6.07) is 18.9. The van der Waals surface area contributed by atoms with E-state index in [0.29, 0.717) is 11.8 Å². The van der Waals surface area contributed by atoms with Crippen molar-refractivity contribution in [3.05, 3.63) is 65.7 Å². The van der Waals surface area contributed by atoms with E-state index in [4.69, 9.17) is 0 Å². The first-order valence-electron chi connectivity index (χ1n) is 7.90. The topological polar surface area (TPSA) is 23.5 Å². The summed E-state index contributed by atoms with van der Waals surface area (Å²) in [5.41, 5.74) is 2.68. The van der Waals surface area contributed by atoms with Crippen LogP contribution in [0, 0.1) is 0 Å². The number of phenolic OH excluding ortho intramolecular Hbond substituents is 1. The molecule has 0 radical (unpaired) electrons. The average Bonchev–Trinajstić information content (AvgIpc) is 2.55. The molecule has 21 heavy (non-hydrogen) atoms. The predicted octanol–water partition coefficient (Wildman–Crippen LogP) is 4.16. The fourth-order valence-corrected chi connectivity index (χ4v) is 3.22. The van der Waals surface area contributed by atoms with Crippen molar-refractivity contribution in [2.75, 3.05) is 13.1 Å². The van der Waals surface area contributed by atoms with Gasteiger partial charge in [-0.1, -0.05) is 48.9 Å². The normalized spacial score (nSPS) is 17.5. The van der Waals surface area contributed by atoms with Crippen LogP contribution in [-0.2, 0) is 6.42 Å². The Bertz CT molecular complexity index is 544. The Morgan fingerprint density at radius 3 is 2.19 bits per heavy atom. The van der Waals surface area contributed by atoms with Gasteiger partial charge in [-0.25, -0.2) is 0 Å². The van der Waals surface area contributed by atoms with Gasteiger partial charge in [0.2, 0.25) is 0 Å². The largest absolute Gasteiger partial charge is 0.508 e. The molecule has 2 aromatic rings. The maximum Gasteiger partial charge on any atom is 0.115 e. The summed E-state index contributed by atoms with van der Waals surface area (Å²) < 4.78 is 0. The molecule has 2 heteroatoms. The maximum absolute atomic E-state index is 9.52. The van der Waals surface area contributed by atoms with Crippen molar-refractivity contribution in [2.45, 2.75) is 31.7 Å². The van der Waals surface area contributed by atoms with Crippen molar-refractivity contribution in [3.8, 4) is 5.75 Å². The first kappa shape index (κ1) is 14.2. The molecule has 0 amide bonds. The molecular formula is C19H23NO. The minimum atomic E-state index is 0.343. The molecule has 1 aliphatic rings. The summed E-state index contributed by atoms with van der Waals surface area (Å²) in [5.74, 6) is 0.343. The summed E-state index contributed by atoms with van der Waals surface area (Å²) in [6.07, 6.45) is 4.97. The van der Waals surface area contributed by atoms with Gasteiger partial charge in [-0.2, -0.15) is 0 Å². The highest BCUT2D eigenvalue weighted by atomic mass is 16.3. The summed E-state index contributed by atoms with van der Waals surface area (Å²) >= 11 is 0. The third-order valence-electron chi connectivity index (χ3n) is 4.38. The van der Waals surface area contributed by atoms with Crippen molar-refractivity contribution in [1.82, 2.24) is 4.90 Å². The number of phenols is 1. The fraction of sp³-hybridized carbons (Fsp3) is 0.368. The van der Waals surface area contributed by atoms with Crippen molar-refractivity contribution < 1.29 is 5.11 Å². The Morgan fingerprint density at radius 1 is 0.857 bits per heavy atom. The zero-order valence-electron chi connectivity index (χ0n) is 12.4. The number of rotatable bonds is 4. The second-order valence-electron chi connectivity index (χ2n) is 5.89. The summed E-state index contributed by atoms with van der Waals surface area (Å²) in [5, 5.41) is 9.52. The van der Waals surface area contributed by atoms with Crippen LogP contribution in [0.4, 0.5) is 0 Å². The van der Waals surface area contributed by atoms with Gasteiger partial charge in [0.05, 0.1) is 0 Å². The summed E-state index contributed by atoms with van der Waals surface area (Å²) in [6.45, 7) is 2.36. The van der Waals surface area contributed by atoms with Gasteiger partial charge in [-0.15, -0.1) is 0 Å². The summed E-state index contributed by atoms with van der Waals surface area (Å²) in [7, 11) is 0. The van der Waals surface area contributed by atoms with E-state index in [0.717, 1.165) is 6.42 Å². The number of hydrogen-bond acceptors (Lipinski definition) is 2. The molecule has 0 spiro atoms. The van der Waals surface area contributed by atoms with Crippen LogP contribution < -0.4 is 0 Å². The first-order chi connectivity index (χ1) is 10.3. The Morgan fingerprint density at radius 2 is 1.52 bits per heavy atom. The van der Waals surface area contributed by atoms with Crippen LogP contribution in [0.3, 0.4) is 0 Å². The maximum atomic E-state index is 9.52. The molecule has 0 aromatic heterocycles. The molecule has 2 aromatic carbocycles. The van der Waals surface area contributed by atoms with Crippen molar-refractivity contribution in [2.24, 2.45) is 0 Å². The van der Waals surface area contributed by atoms with Gasteiger partial charge < -0.3 is 5.11 Å². The SMILES string of the molecule is Oc1ccc([C@@H](Cc2ccccc2)N2CCCCC2)cc1. The number of hydrogen-bond donors (Lipinski definition) is 1. The van der Waals surface area contributed by atoms with Crippen LogP contribution in [0.25, 0.3) is 0 Å². The van der Waals surface area contributed by atoms with Gasteiger partial charge in [0.1, 0.15) is 5.75 Å². The van der Waals surface area contributed by atoms with Gasteiger partial charge in [-0.3, -0.25) is 4.90 Å². The first-order valence-corrected chi connectivity index (χ1v) is 7.90.